The second-order valence-electron chi connectivity index (χ2n) is 4.71. The Morgan fingerprint density at radius 2 is 2.39 bits per heavy atom. The number of rotatable bonds is 5. The highest BCUT2D eigenvalue weighted by atomic mass is 16.3. The van der Waals surface area contributed by atoms with Gasteiger partial charge in [-0.15, -0.1) is 0 Å². The highest BCUT2D eigenvalue weighted by Crippen LogP contribution is 2.42. The summed E-state index contributed by atoms with van der Waals surface area (Å²) in [6, 6.07) is 5.50. The van der Waals surface area contributed by atoms with Crippen molar-refractivity contribution in [3.8, 4) is 0 Å². The molecular weight excluding hydrogens is 230 g/mol. The van der Waals surface area contributed by atoms with E-state index >= 15 is 0 Å². The van der Waals surface area contributed by atoms with Crippen LogP contribution in [0.1, 0.15) is 18.6 Å². The van der Waals surface area contributed by atoms with Crippen LogP contribution < -0.4 is 5.32 Å². The van der Waals surface area contributed by atoms with Crippen LogP contribution in [0.3, 0.4) is 0 Å². The first-order valence-corrected chi connectivity index (χ1v) is 6.08. The summed E-state index contributed by atoms with van der Waals surface area (Å²) in [6.07, 6.45) is 7.72. The second kappa shape index (κ2) is 4.33. The van der Waals surface area contributed by atoms with Crippen molar-refractivity contribution in [1.29, 1.82) is 0 Å². The summed E-state index contributed by atoms with van der Waals surface area (Å²) in [7, 11) is 0. The molecule has 1 saturated carbocycles. The third-order valence-electron chi connectivity index (χ3n) is 3.35. The van der Waals surface area contributed by atoms with Crippen molar-refractivity contribution < 1.29 is 9.21 Å². The SMILES string of the molecule is O=C(Cc1ccco1)NCC1(n2cccn2)CC1. The van der Waals surface area contributed by atoms with Crippen LogP contribution in [0, 0.1) is 0 Å². The third-order valence-corrected chi connectivity index (χ3v) is 3.35. The van der Waals surface area contributed by atoms with Crippen molar-refractivity contribution in [3.63, 3.8) is 0 Å². The van der Waals surface area contributed by atoms with Gasteiger partial charge in [0.1, 0.15) is 5.76 Å². The zero-order valence-corrected chi connectivity index (χ0v) is 10.0. The molecular formula is C13H15N3O2. The molecule has 5 nitrogen and oxygen atoms in total. The van der Waals surface area contributed by atoms with Gasteiger partial charge in [-0.3, -0.25) is 9.48 Å². The molecule has 5 heteroatoms. The normalized spacial score (nSPS) is 16.4. The molecule has 1 amide bonds. The summed E-state index contributed by atoms with van der Waals surface area (Å²) in [5, 5.41) is 7.20. The van der Waals surface area contributed by atoms with E-state index in [1.165, 1.54) is 0 Å². The Morgan fingerprint density at radius 1 is 1.50 bits per heavy atom. The molecule has 0 aromatic carbocycles. The molecule has 0 aliphatic heterocycles. The maximum absolute atomic E-state index is 11.8. The minimum absolute atomic E-state index is 0.00231. The van der Waals surface area contributed by atoms with Crippen LogP contribution in [-0.4, -0.2) is 22.2 Å². The fourth-order valence-corrected chi connectivity index (χ4v) is 2.08. The molecule has 94 valence electrons. The largest absolute Gasteiger partial charge is 0.469 e. The average molecular weight is 245 g/mol. The Hall–Kier alpha value is -2.04. The van der Waals surface area contributed by atoms with Gasteiger partial charge in [0.15, 0.2) is 0 Å². The van der Waals surface area contributed by atoms with E-state index in [0.29, 0.717) is 18.7 Å². The molecule has 0 saturated heterocycles. The van der Waals surface area contributed by atoms with Gasteiger partial charge in [-0.05, 0) is 31.0 Å². The predicted octanol–water partition coefficient (Wildman–Crippen LogP) is 1.32. The van der Waals surface area contributed by atoms with Gasteiger partial charge in [-0.2, -0.15) is 5.10 Å². The molecule has 2 aromatic rings. The van der Waals surface area contributed by atoms with Gasteiger partial charge in [0.05, 0.1) is 18.2 Å². The van der Waals surface area contributed by atoms with Gasteiger partial charge in [0.25, 0.3) is 0 Å². The third kappa shape index (κ3) is 2.16. The summed E-state index contributed by atoms with van der Waals surface area (Å²) < 4.78 is 7.09. The lowest BCUT2D eigenvalue weighted by Gasteiger charge is -2.16. The maximum Gasteiger partial charge on any atom is 0.227 e. The fraction of sp³-hybridized carbons (Fsp3) is 0.385. The van der Waals surface area contributed by atoms with Gasteiger partial charge in [-0.25, -0.2) is 0 Å². The smallest absolute Gasteiger partial charge is 0.227 e. The molecule has 1 N–H and O–H groups in total. The van der Waals surface area contributed by atoms with Crippen molar-refractivity contribution in [3.05, 3.63) is 42.6 Å². The molecule has 3 rings (SSSR count). The van der Waals surface area contributed by atoms with Crippen LogP contribution in [-0.2, 0) is 16.8 Å². The van der Waals surface area contributed by atoms with Gasteiger partial charge in [-0.1, -0.05) is 0 Å². The van der Waals surface area contributed by atoms with Gasteiger partial charge < -0.3 is 9.73 Å². The van der Waals surface area contributed by atoms with Gasteiger partial charge in [0.2, 0.25) is 5.91 Å². The Morgan fingerprint density at radius 3 is 3.00 bits per heavy atom. The monoisotopic (exact) mass is 245 g/mol. The average Bonchev–Trinajstić information content (AvgIpc) is 2.84. The predicted molar refractivity (Wildman–Crippen MR) is 64.9 cm³/mol. The van der Waals surface area contributed by atoms with E-state index in [1.807, 2.05) is 16.9 Å². The number of nitrogens with zero attached hydrogens (tertiary/aromatic N) is 2. The van der Waals surface area contributed by atoms with Crippen LogP contribution in [0.15, 0.2) is 41.3 Å². The van der Waals surface area contributed by atoms with Crippen LogP contribution in [0.4, 0.5) is 0 Å². The number of hydrogen-bond acceptors (Lipinski definition) is 3. The van der Waals surface area contributed by atoms with Crippen LogP contribution in [0.2, 0.25) is 0 Å². The second-order valence-corrected chi connectivity index (χ2v) is 4.71. The van der Waals surface area contributed by atoms with Crippen molar-refractivity contribution in [2.75, 3.05) is 6.54 Å². The molecule has 0 spiro atoms. The maximum atomic E-state index is 11.8. The quantitative estimate of drug-likeness (QED) is 0.864. The number of carbonyl (C=O) groups excluding carboxylic acids is 1. The van der Waals surface area contributed by atoms with Crippen molar-refractivity contribution in [1.82, 2.24) is 15.1 Å². The Balaban J connectivity index is 1.54. The first kappa shape index (κ1) is 11.1. The summed E-state index contributed by atoms with van der Waals surface area (Å²) in [6.45, 7) is 0.633. The molecule has 0 bridgehead atoms. The zero-order valence-electron chi connectivity index (χ0n) is 10.0. The highest BCUT2D eigenvalue weighted by Gasteiger charge is 2.45. The Bertz CT molecular complexity index is 512. The highest BCUT2D eigenvalue weighted by molar-refractivity contribution is 5.78. The number of nitrogens with one attached hydrogen (secondary N) is 1. The molecule has 1 aliphatic rings. The molecule has 0 radical (unpaired) electrons. The first-order chi connectivity index (χ1) is 8.78. The van der Waals surface area contributed by atoms with E-state index in [9.17, 15) is 4.79 Å². The number of aromatic nitrogens is 2. The molecule has 1 aliphatic carbocycles. The van der Waals surface area contributed by atoms with E-state index in [1.54, 1.807) is 24.6 Å². The Kier molecular flexibility index (Phi) is 2.66. The summed E-state index contributed by atoms with van der Waals surface area (Å²) in [5.74, 6) is 0.680. The van der Waals surface area contributed by atoms with E-state index in [2.05, 4.69) is 10.4 Å². The zero-order chi connectivity index (χ0) is 12.4. The fourth-order valence-electron chi connectivity index (χ4n) is 2.08. The number of furan rings is 1. The minimum Gasteiger partial charge on any atom is -0.469 e. The lowest BCUT2D eigenvalue weighted by atomic mass is 10.2. The molecule has 18 heavy (non-hydrogen) atoms. The standard InChI is InChI=1S/C13H15N3O2/c17-12(9-11-3-1-8-18-11)14-10-13(4-5-13)16-7-2-6-15-16/h1-3,6-8H,4-5,9-10H2,(H,14,17). The topological polar surface area (TPSA) is 60.1 Å². The van der Waals surface area contributed by atoms with E-state index in [4.69, 9.17) is 4.42 Å². The number of amides is 1. The van der Waals surface area contributed by atoms with Crippen LogP contribution in [0.25, 0.3) is 0 Å². The lowest BCUT2D eigenvalue weighted by molar-refractivity contribution is -0.120. The summed E-state index contributed by atoms with van der Waals surface area (Å²) in [4.78, 5) is 11.8. The van der Waals surface area contributed by atoms with Crippen LogP contribution >= 0.6 is 0 Å². The molecule has 1 fully saturated rings. The molecule has 2 heterocycles. The van der Waals surface area contributed by atoms with Crippen LogP contribution in [0.5, 0.6) is 0 Å². The molecule has 2 aromatic heterocycles. The van der Waals surface area contributed by atoms with E-state index < -0.39 is 0 Å². The number of hydrogen-bond donors (Lipinski definition) is 1. The van der Waals surface area contributed by atoms with Crippen molar-refractivity contribution in [2.45, 2.75) is 24.8 Å². The minimum atomic E-state index is -0.0108. The van der Waals surface area contributed by atoms with Gasteiger partial charge in [0, 0.05) is 18.9 Å². The summed E-state index contributed by atoms with van der Waals surface area (Å²) >= 11 is 0. The van der Waals surface area contributed by atoms with Crippen molar-refractivity contribution in [2.24, 2.45) is 0 Å². The molecule has 0 unspecified atom stereocenters. The van der Waals surface area contributed by atoms with E-state index in [-0.39, 0.29) is 11.4 Å². The van der Waals surface area contributed by atoms with Gasteiger partial charge >= 0.3 is 0 Å². The first-order valence-electron chi connectivity index (χ1n) is 6.08. The molecule has 0 atom stereocenters. The summed E-state index contributed by atoms with van der Waals surface area (Å²) in [5.41, 5.74) is 0.00231. The Labute approximate surface area is 105 Å². The van der Waals surface area contributed by atoms with Crippen molar-refractivity contribution >= 4 is 5.91 Å². The lowest BCUT2D eigenvalue weighted by Crippen LogP contribution is -2.36. The van der Waals surface area contributed by atoms with E-state index in [0.717, 1.165) is 12.8 Å². The number of carbonyl (C=O) groups is 1.